The van der Waals surface area contributed by atoms with E-state index in [-0.39, 0.29) is 19.6 Å². The zero-order chi connectivity index (χ0) is 50.4. The molecule has 1 aliphatic rings. The fourth-order valence-electron chi connectivity index (χ4n) is 10.6. The van der Waals surface area contributed by atoms with Crippen molar-refractivity contribution in [3.05, 3.63) is 12.2 Å². The minimum atomic E-state index is -1.12. The number of aliphatic hydroxyl groups is 2. The van der Waals surface area contributed by atoms with E-state index in [2.05, 4.69) is 19.1 Å². The number of hydrogen-bond donors (Lipinski definition) is 2. The number of aliphatic hydroxyl groups excluding tert-OH is 2. The largest absolute Gasteiger partial charge is 0.465 e. The van der Waals surface area contributed by atoms with Crippen LogP contribution < -0.4 is 0 Å². The maximum absolute atomic E-state index is 12.5. The van der Waals surface area contributed by atoms with Crippen molar-refractivity contribution < 1.29 is 29.3 Å². The molecule has 6 nitrogen and oxygen atoms in total. The van der Waals surface area contributed by atoms with E-state index >= 15 is 0 Å². The Labute approximate surface area is 436 Å². The van der Waals surface area contributed by atoms with Gasteiger partial charge in [-0.15, -0.1) is 0 Å². The number of allylic oxidation sites excluding steroid dienone is 2. The third-order valence-electron chi connectivity index (χ3n) is 15.8. The van der Waals surface area contributed by atoms with Gasteiger partial charge >= 0.3 is 11.9 Å². The molecule has 0 radical (unpaired) electrons. The maximum Gasteiger partial charge on any atom is 0.309 e. The van der Waals surface area contributed by atoms with Crippen molar-refractivity contribution in [2.45, 2.75) is 347 Å². The number of carbonyl (C=O) groups is 2. The highest BCUT2D eigenvalue weighted by Gasteiger charge is 2.36. The van der Waals surface area contributed by atoms with Crippen LogP contribution >= 0.6 is 0 Å². The monoisotopic (exact) mass is 987 g/mol. The number of rotatable bonds is 55. The fraction of sp³-hybridized carbons (Fsp3) is 0.938. The Bertz CT molecular complexity index is 1100. The minimum Gasteiger partial charge on any atom is -0.465 e. The zero-order valence-corrected chi connectivity index (χ0v) is 47.1. The number of ether oxygens (including phenoxy) is 2. The smallest absolute Gasteiger partial charge is 0.309 e. The highest BCUT2D eigenvalue weighted by molar-refractivity contribution is 5.80. The Morgan fingerprint density at radius 2 is 0.614 bits per heavy atom. The molecule has 1 fully saturated rings. The summed E-state index contributed by atoms with van der Waals surface area (Å²) < 4.78 is 10.6. The Hall–Kier alpha value is -1.40. The number of hydrogen-bond acceptors (Lipinski definition) is 6. The van der Waals surface area contributed by atoms with E-state index in [1.165, 1.54) is 308 Å². The second-order valence-electron chi connectivity index (χ2n) is 22.8. The Morgan fingerprint density at radius 1 is 0.371 bits per heavy atom. The lowest BCUT2D eigenvalue weighted by Gasteiger charge is -2.27. The highest BCUT2D eigenvalue weighted by atomic mass is 16.6. The van der Waals surface area contributed by atoms with Crippen LogP contribution in [0.3, 0.4) is 0 Å². The van der Waals surface area contributed by atoms with Gasteiger partial charge in [0.05, 0.1) is 31.0 Å². The second kappa shape index (κ2) is 53.9. The summed E-state index contributed by atoms with van der Waals surface area (Å²) in [5.41, 5.74) is -1.12. The lowest BCUT2D eigenvalue weighted by Crippen LogP contribution is -2.40. The molecule has 0 aliphatic carbocycles. The number of cyclic esters (lactones) is 2. The quantitative estimate of drug-likeness (QED) is 0.0358. The zero-order valence-electron chi connectivity index (χ0n) is 47.1. The predicted molar refractivity (Wildman–Crippen MR) is 302 cm³/mol. The summed E-state index contributed by atoms with van der Waals surface area (Å²) in [5, 5.41) is 19.2. The summed E-state index contributed by atoms with van der Waals surface area (Å²) in [6.07, 6.45) is 77.2. The molecule has 0 aromatic rings. The molecular weight excluding hydrogens is 865 g/mol. The summed E-state index contributed by atoms with van der Waals surface area (Å²) in [5.74, 6) is -1.40. The van der Waals surface area contributed by atoms with Gasteiger partial charge in [-0.05, 0) is 32.1 Å². The molecule has 6 heteroatoms. The van der Waals surface area contributed by atoms with Crippen LogP contribution in [0.15, 0.2) is 12.2 Å². The average molecular weight is 988 g/mol. The summed E-state index contributed by atoms with van der Waals surface area (Å²) in [4.78, 5) is 24.7. The van der Waals surface area contributed by atoms with Crippen molar-refractivity contribution >= 4 is 11.9 Å². The topological polar surface area (TPSA) is 93.1 Å². The molecule has 70 heavy (non-hydrogen) atoms. The van der Waals surface area contributed by atoms with Gasteiger partial charge in [0.25, 0.3) is 0 Å². The van der Waals surface area contributed by atoms with Crippen LogP contribution in [0.25, 0.3) is 0 Å². The molecule has 0 amide bonds. The van der Waals surface area contributed by atoms with Gasteiger partial charge < -0.3 is 19.7 Å². The lowest BCUT2D eigenvalue weighted by molar-refractivity contribution is -0.155. The maximum atomic E-state index is 12.5. The normalized spacial score (nSPS) is 15.3. The van der Waals surface area contributed by atoms with Gasteiger partial charge in [-0.1, -0.05) is 321 Å². The predicted octanol–water partition coefficient (Wildman–Crippen LogP) is 19.9. The first kappa shape index (κ1) is 66.6. The Morgan fingerprint density at radius 3 is 0.886 bits per heavy atom. The molecule has 2 N–H and O–H groups in total. The summed E-state index contributed by atoms with van der Waals surface area (Å²) >= 11 is 0. The van der Waals surface area contributed by atoms with Gasteiger partial charge in [0, 0.05) is 0 Å². The van der Waals surface area contributed by atoms with Crippen LogP contribution in [-0.4, -0.2) is 48.6 Å². The molecule has 0 bridgehead atoms. The Balaban J connectivity index is 1.69. The van der Waals surface area contributed by atoms with Crippen molar-refractivity contribution in [1.29, 1.82) is 0 Å². The van der Waals surface area contributed by atoms with Crippen LogP contribution in [-0.2, 0) is 19.1 Å². The van der Waals surface area contributed by atoms with Gasteiger partial charge in [0.1, 0.15) is 13.2 Å². The molecule has 1 atom stereocenters. The molecule has 0 aromatic carbocycles. The van der Waals surface area contributed by atoms with Gasteiger partial charge in [-0.25, -0.2) is 0 Å². The SMILES string of the molecule is CCCCCCCCCCCCCCCCCCCCCCCCCCCCC/C=C/CCCCCCCCCCCCCCCCCCCCCCCCC1CC(=O)OCC(CO)(CO)COC1=O. The van der Waals surface area contributed by atoms with E-state index in [4.69, 9.17) is 9.47 Å². The molecule has 0 aromatic heterocycles. The molecule has 1 aliphatic heterocycles. The van der Waals surface area contributed by atoms with Crippen LogP contribution in [0.1, 0.15) is 347 Å². The van der Waals surface area contributed by atoms with Gasteiger partial charge in [0.2, 0.25) is 0 Å². The average Bonchev–Trinajstić information content (AvgIpc) is 3.43. The molecule has 1 heterocycles. The molecule has 0 spiro atoms. The molecule has 414 valence electrons. The first-order chi connectivity index (χ1) is 34.6. The van der Waals surface area contributed by atoms with Crippen molar-refractivity contribution in [2.24, 2.45) is 11.3 Å². The van der Waals surface area contributed by atoms with E-state index in [1.807, 2.05) is 0 Å². The Kier molecular flexibility index (Phi) is 51.3. The van der Waals surface area contributed by atoms with Crippen molar-refractivity contribution in [1.82, 2.24) is 0 Å². The van der Waals surface area contributed by atoms with E-state index < -0.39 is 36.5 Å². The number of esters is 2. The van der Waals surface area contributed by atoms with E-state index in [9.17, 15) is 19.8 Å². The molecular formula is C64H122O6. The highest BCUT2D eigenvalue weighted by Crippen LogP contribution is 2.25. The fourth-order valence-corrected chi connectivity index (χ4v) is 10.6. The van der Waals surface area contributed by atoms with Crippen molar-refractivity contribution in [2.75, 3.05) is 26.4 Å². The van der Waals surface area contributed by atoms with Crippen molar-refractivity contribution in [3.8, 4) is 0 Å². The van der Waals surface area contributed by atoms with Crippen molar-refractivity contribution in [3.63, 3.8) is 0 Å². The first-order valence-corrected chi connectivity index (χ1v) is 31.8. The number of carbonyl (C=O) groups excluding carboxylic acids is 2. The van der Waals surface area contributed by atoms with E-state index in [1.54, 1.807) is 0 Å². The van der Waals surface area contributed by atoms with E-state index in [0.717, 1.165) is 19.3 Å². The summed E-state index contributed by atoms with van der Waals surface area (Å²) in [6, 6.07) is 0. The minimum absolute atomic E-state index is 0.00425. The standard InChI is InChI=1S/C64H122O6/c1-2-3-4-5-6-7-8-9-10-11-12-13-14-15-16-17-18-19-20-21-22-23-24-25-26-27-28-29-30-31-32-33-34-35-36-37-38-39-40-41-42-43-44-45-46-47-48-49-50-51-52-53-54-55-61-56-62(67)69-59-64(57-65,58-66)60-70-63(61)68/h30-31,61,65-66H,2-29,32-60H2,1H3/b31-30+. The van der Waals surface area contributed by atoms with Gasteiger partial charge in [-0.2, -0.15) is 0 Å². The molecule has 1 rings (SSSR count). The van der Waals surface area contributed by atoms with Gasteiger partial charge in [-0.3, -0.25) is 9.59 Å². The number of unbranched alkanes of at least 4 members (excludes halogenated alkanes) is 49. The van der Waals surface area contributed by atoms with Crippen LogP contribution in [0.4, 0.5) is 0 Å². The van der Waals surface area contributed by atoms with Gasteiger partial charge in [0.15, 0.2) is 0 Å². The van der Waals surface area contributed by atoms with E-state index in [0.29, 0.717) is 6.42 Å². The summed E-state index contributed by atoms with van der Waals surface area (Å²) in [6.45, 7) is 1.21. The van der Waals surface area contributed by atoms with Crippen LogP contribution in [0, 0.1) is 11.3 Å². The molecule has 0 saturated carbocycles. The second-order valence-corrected chi connectivity index (χ2v) is 22.8. The third-order valence-corrected chi connectivity index (χ3v) is 15.8. The summed E-state index contributed by atoms with van der Waals surface area (Å²) in [7, 11) is 0. The lowest BCUT2D eigenvalue weighted by atomic mass is 9.92. The molecule has 1 saturated heterocycles. The third kappa shape index (κ3) is 45.2. The first-order valence-electron chi connectivity index (χ1n) is 31.8. The molecule has 1 unspecified atom stereocenters. The van der Waals surface area contributed by atoms with Crippen LogP contribution in [0.2, 0.25) is 0 Å². The van der Waals surface area contributed by atoms with Crippen LogP contribution in [0.5, 0.6) is 0 Å².